The summed E-state index contributed by atoms with van der Waals surface area (Å²) in [5.41, 5.74) is -0.595. The van der Waals surface area contributed by atoms with Gasteiger partial charge in [-0.25, -0.2) is 9.59 Å². The first-order valence-electron chi connectivity index (χ1n) is 8.10. The van der Waals surface area contributed by atoms with Gasteiger partial charge in [0.25, 0.3) is 0 Å². The summed E-state index contributed by atoms with van der Waals surface area (Å²) in [6, 6.07) is 0. The molecular formula is C16H31NO7. The largest absolute Gasteiger partial charge is 0.508 e. The van der Waals surface area contributed by atoms with Crippen molar-refractivity contribution in [3.8, 4) is 0 Å². The Morgan fingerprint density at radius 1 is 0.958 bits per heavy atom. The normalized spacial score (nSPS) is 10.0. The van der Waals surface area contributed by atoms with Crippen LogP contribution in [-0.4, -0.2) is 48.7 Å². The highest BCUT2D eigenvalue weighted by molar-refractivity contribution is 5.76. The second-order valence-corrected chi connectivity index (χ2v) is 5.90. The number of carboxylic acid groups (broad SMARTS) is 1. The lowest BCUT2D eigenvalue weighted by Crippen LogP contribution is -2.35. The van der Waals surface area contributed by atoms with Crippen molar-refractivity contribution in [2.45, 2.75) is 65.9 Å². The lowest BCUT2D eigenvalue weighted by Gasteiger charge is -2.19. The summed E-state index contributed by atoms with van der Waals surface area (Å²) in [7, 11) is 0. The van der Waals surface area contributed by atoms with Crippen LogP contribution < -0.4 is 5.32 Å². The Labute approximate surface area is 143 Å². The molecule has 0 fully saturated rings. The number of hydrogen-bond donors (Lipinski definition) is 2. The number of ether oxygens (including phenoxy) is 3. The summed E-state index contributed by atoms with van der Waals surface area (Å²) < 4.78 is 14.3. The summed E-state index contributed by atoms with van der Waals surface area (Å²) in [6.07, 6.45) is 2.62. The summed E-state index contributed by atoms with van der Waals surface area (Å²) >= 11 is 0. The topological polar surface area (TPSA) is 111 Å². The molecule has 1 amide bonds. The Kier molecular flexibility index (Phi) is 14.8. The first kappa shape index (κ1) is 24.3. The first-order chi connectivity index (χ1) is 11.1. The molecular weight excluding hydrogens is 318 g/mol. The maximum Gasteiger partial charge on any atom is 0.508 e. The number of carboxylic acids is 1. The Bertz CT molecular complexity index is 352. The van der Waals surface area contributed by atoms with Crippen LogP contribution in [0.4, 0.5) is 9.59 Å². The van der Waals surface area contributed by atoms with Crippen LogP contribution >= 0.6 is 0 Å². The number of nitrogens with one attached hydrogen (secondary N) is 1. The van der Waals surface area contributed by atoms with E-state index >= 15 is 0 Å². The van der Waals surface area contributed by atoms with E-state index < -0.39 is 30.4 Å². The molecule has 142 valence electrons. The predicted molar refractivity (Wildman–Crippen MR) is 89.0 cm³/mol. The number of carbonyl (C=O) groups excluding carboxylic acids is 2. The van der Waals surface area contributed by atoms with Crippen molar-refractivity contribution >= 4 is 18.2 Å². The molecule has 0 saturated heterocycles. The van der Waals surface area contributed by atoms with Gasteiger partial charge in [0.05, 0.1) is 13.2 Å². The molecule has 0 aromatic rings. The first-order valence-corrected chi connectivity index (χ1v) is 8.10. The molecule has 24 heavy (non-hydrogen) atoms. The van der Waals surface area contributed by atoms with E-state index in [2.05, 4.69) is 5.32 Å². The third-order valence-corrected chi connectivity index (χ3v) is 2.22. The van der Waals surface area contributed by atoms with Gasteiger partial charge < -0.3 is 24.6 Å². The minimum atomic E-state index is -1.10. The van der Waals surface area contributed by atoms with Crippen molar-refractivity contribution in [3.63, 3.8) is 0 Å². The van der Waals surface area contributed by atoms with Crippen LogP contribution in [0.25, 0.3) is 0 Å². The molecule has 0 aliphatic rings. The zero-order valence-corrected chi connectivity index (χ0v) is 15.3. The molecule has 0 atom stereocenters. The third kappa shape index (κ3) is 22.3. The average Bonchev–Trinajstić information content (AvgIpc) is 2.45. The second kappa shape index (κ2) is 14.6. The molecule has 0 aliphatic heterocycles. The quantitative estimate of drug-likeness (QED) is 0.510. The molecule has 0 bridgehead atoms. The molecule has 0 rings (SSSR count). The van der Waals surface area contributed by atoms with Crippen molar-refractivity contribution < 1.29 is 33.7 Å². The maximum absolute atomic E-state index is 10.8. The van der Waals surface area contributed by atoms with E-state index in [1.54, 1.807) is 20.8 Å². The van der Waals surface area contributed by atoms with Gasteiger partial charge in [-0.1, -0.05) is 26.7 Å². The van der Waals surface area contributed by atoms with Crippen LogP contribution in [0.5, 0.6) is 0 Å². The van der Waals surface area contributed by atoms with Gasteiger partial charge in [-0.3, -0.25) is 4.79 Å². The van der Waals surface area contributed by atoms with Crippen LogP contribution in [0.2, 0.25) is 0 Å². The van der Waals surface area contributed by atoms with E-state index in [4.69, 9.17) is 19.3 Å². The van der Waals surface area contributed by atoms with Crippen molar-refractivity contribution in [1.29, 1.82) is 0 Å². The van der Waals surface area contributed by atoms with E-state index in [9.17, 15) is 14.4 Å². The number of hydrogen-bond acceptors (Lipinski definition) is 6. The van der Waals surface area contributed by atoms with Gasteiger partial charge in [0.1, 0.15) is 12.1 Å². The van der Waals surface area contributed by atoms with Crippen LogP contribution in [0.3, 0.4) is 0 Å². The molecule has 0 radical (unpaired) electrons. The fourth-order valence-electron chi connectivity index (χ4n) is 1.10. The van der Waals surface area contributed by atoms with Crippen molar-refractivity contribution in [1.82, 2.24) is 5.32 Å². The highest BCUT2D eigenvalue weighted by Crippen LogP contribution is 2.05. The fourth-order valence-corrected chi connectivity index (χ4v) is 1.10. The van der Waals surface area contributed by atoms with E-state index in [1.165, 1.54) is 0 Å². The van der Waals surface area contributed by atoms with Gasteiger partial charge >= 0.3 is 18.2 Å². The highest BCUT2D eigenvalue weighted by Gasteiger charge is 2.16. The Hall–Kier alpha value is -1.99. The Morgan fingerprint density at radius 2 is 1.42 bits per heavy atom. The minimum absolute atomic E-state index is 0.422. The molecule has 0 spiro atoms. The van der Waals surface area contributed by atoms with E-state index in [0.717, 1.165) is 25.7 Å². The average molecular weight is 349 g/mol. The van der Waals surface area contributed by atoms with Gasteiger partial charge in [-0.2, -0.15) is 0 Å². The fraction of sp³-hybridized carbons (Fsp3) is 0.812. The van der Waals surface area contributed by atoms with Crippen LogP contribution in [0.1, 0.15) is 60.3 Å². The smallest absolute Gasteiger partial charge is 0.480 e. The van der Waals surface area contributed by atoms with E-state index in [-0.39, 0.29) is 0 Å². The van der Waals surface area contributed by atoms with Crippen LogP contribution in [0.15, 0.2) is 0 Å². The zero-order valence-electron chi connectivity index (χ0n) is 15.3. The van der Waals surface area contributed by atoms with Gasteiger partial charge in [-0.15, -0.1) is 0 Å². The molecule has 0 aromatic heterocycles. The van der Waals surface area contributed by atoms with Crippen molar-refractivity contribution in [2.75, 3.05) is 19.8 Å². The van der Waals surface area contributed by atoms with Crippen molar-refractivity contribution in [2.24, 2.45) is 0 Å². The molecule has 2 N–H and O–H groups in total. The molecule has 0 heterocycles. The SMILES string of the molecule is CC(C)(C)OC(=O)NCC(=O)O.CCCCOC(=O)OCCCC. The second-order valence-electron chi connectivity index (χ2n) is 5.90. The van der Waals surface area contributed by atoms with Gasteiger partial charge in [0, 0.05) is 0 Å². The number of amides is 1. The highest BCUT2D eigenvalue weighted by atomic mass is 16.7. The number of unbranched alkanes of at least 4 members (excludes halogenated alkanes) is 2. The minimum Gasteiger partial charge on any atom is -0.480 e. The molecule has 0 aliphatic carbocycles. The third-order valence-electron chi connectivity index (χ3n) is 2.22. The lowest BCUT2D eigenvalue weighted by molar-refractivity contribution is -0.136. The predicted octanol–water partition coefficient (Wildman–Crippen LogP) is 3.34. The number of rotatable bonds is 8. The van der Waals surface area contributed by atoms with Gasteiger partial charge in [0.15, 0.2) is 0 Å². The van der Waals surface area contributed by atoms with E-state index in [1.807, 2.05) is 13.8 Å². The molecule has 0 saturated carbocycles. The molecule has 0 unspecified atom stereocenters. The van der Waals surface area contributed by atoms with Crippen molar-refractivity contribution in [3.05, 3.63) is 0 Å². The number of carbonyl (C=O) groups is 3. The Morgan fingerprint density at radius 3 is 1.75 bits per heavy atom. The zero-order chi connectivity index (χ0) is 19.0. The maximum atomic E-state index is 10.8. The van der Waals surface area contributed by atoms with Gasteiger partial charge in [0.2, 0.25) is 0 Å². The van der Waals surface area contributed by atoms with Crippen LogP contribution in [0, 0.1) is 0 Å². The summed E-state index contributed by atoms with van der Waals surface area (Å²) in [5.74, 6) is -1.10. The van der Waals surface area contributed by atoms with Crippen LogP contribution in [-0.2, 0) is 19.0 Å². The molecule has 8 heteroatoms. The molecule has 0 aromatic carbocycles. The van der Waals surface area contributed by atoms with E-state index in [0.29, 0.717) is 13.2 Å². The monoisotopic (exact) mass is 349 g/mol. The van der Waals surface area contributed by atoms with Gasteiger partial charge in [-0.05, 0) is 33.6 Å². The molecule has 8 nitrogen and oxygen atoms in total. The summed E-state index contributed by atoms with van der Waals surface area (Å²) in [6.45, 7) is 9.73. The number of aliphatic carboxylic acids is 1. The lowest BCUT2D eigenvalue weighted by atomic mass is 10.2. The Balaban J connectivity index is 0. The number of alkyl carbamates (subject to hydrolysis) is 1. The summed E-state index contributed by atoms with van der Waals surface area (Å²) in [4.78, 5) is 31.5. The summed E-state index contributed by atoms with van der Waals surface area (Å²) in [5, 5.41) is 10.3. The standard InChI is InChI=1S/C9H18O3.C7H13NO4/c1-3-5-7-11-9(10)12-8-6-4-2;1-7(2,3)12-6(11)8-4-5(9)10/h3-8H2,1-2H3;4H2,1-3H3,(H,8,11)(H,9,10).